The Morgan fingerprint density at radius 3 is 3.00 bits per heavy atom. The molecule has 0 fully saturated rings. The van der Waals surface area contributed by atoms with Crippen LogP contribution in [0.2, 0.25) is 0 Å². The molecule has 1 aromatic carbocycles. The monoisotopic (exact) mass is 250 g/mol. The SMILES string of the molecule is CN(C(=O)CCCO)c1ccc2[nH]c(=O)oc2c1. The molecule has 1 heterocycles. The van der Waals surface area contributed by atoms with E-state index in [0.29, 0.717) is 23.2 Å². The van der Waals surface area contributed by atoms with Crippen molar-refractivity contribution in [2.45, 2.75) is 12.8 Å². The zero-order valence-corrected chi connectivity index (χ0v) is 9.97. The fourth-order valence-electron chi connectivity index (χ4n) is 1.68. The first-order chi connectivity index (χ1) is 8.61. The summed E-state index contributed by atoms with van der Waals surface area (Å²) in [6.07, 6.45) is 0.715. The van der Waals surface area contributed by atoms with Gasteiger partial charge >= 0.3 is 5.76 Å². The third-order valence-corrected chi connectivity index (χ3v) is 2.71. The highest BCUT2D eigenvalue weighted by Crippen LogP contribution is 2.20. The third kappa shape index (κ3) is 2.43. The molecule has 2 aromatic rings. The van der Waals surface area contributed by atoms with E-state index in [1.165, 1.54) is 4.90 Å². The fraction of sp³-hybridized carbons (Fsp3) is 0.333. The Morgan fingerprint density at radius 2 is 2.28 bits per heavy atom. The average molecular weight is 250 g/mol. The molecule has 1 aromatic heterocycles. The maximum absolute atomic E-state index is 11.8. The first kappa shape index (κ1) is 12.4. The van der Waals surface area contributed by atoms with E-state index in [1.54, 1.807) is 25.2 Å². The number of H-pyrrole nitrogens is 1. The lowest BCUT2D eigenvalue weighted by atomic mass is 10.2. The number of nitrogens with zero attached hydrogens (tertiary/aromatic N) is 1. The molecule has 18 heavy (non-hydrogen) atoms. The summed E-state index contributed by atoms with van der Waals surface area (Å²) in [4.78, 5) is 26.8. The molecule has 0 bridgehead atoms. The van der Waals surface area contributed by atoms with Crippen molar-refractivity contribution in [2.24, 2.45) is 0 Å². The van der Waals surface area contributed by atoms with Gasteiger partial charge in [0.25, 0.3) is 0 Å². The summed E-state index contributed by atoms with van der Waals surface area (Å²) < 4.78 is 4.93. The number of carbonyl (C=O) groups is 1. The lowest BCUT2D eigenvalue weighted by molar-refractivity contribution is -0.118. The second kappa shape index (κ2) is 5.05. The van der Waals surface area contributed by atoms with Crippen molar-refractivity contribution in [2.75, 3.05) is 18.6 Å². The molecule has 6 heteroatoms. The molecule has 0 radical (unpaired) electrons. The molecule has 0 aliphatic rings. The molecule has 0 spiro atoms. The van der Waals surface area contributed by atoms with Gasteiger partial charge in [-0.3, -0.25) is 9.78 Å². The highest BCUT2D eigenvalue weighted by Gasteiger charge is 2.12. The van der Waals surface area contributed by atoms with Crippen molar-refractivity contribution >= 4 is 22.7 Å². The highest BCUT2D eigenvalue weighted by molar-refractivity contribution is 5.94. The first-order valence-corrected chi connectivity index (χ1v) is 5.62. The van der Waals surface area contributed by atoms with Gasteiger partial charge in [-0.25, -0.2) is 4.79 Å². The van der Waals surface area contributed by atoms with E-state index in [0.717, 1.165) is 0 Å². The zero-order valence-electron chi connectivity index (χ0n) is 9.97. The molecule has 0 saturated carbocycles. The van der Waals surface area contributed by atoms with Gasteiger partial charge in [-0.2, -0.15) is 0 Å². The summed E-state index contributed by atoms with van der Waals surface area (Å²) in [5.41, 5.74) is 1.66. The minimum Gasteiger partial charge on any atom is -0.408 e. The van der Waals surface area contributed by atoms with Crippen molar-refractivity contribution in [3.8, 4) is 0 Å². The number of aromatic amines is 1. The predicted molar refractivity (Wildman–Crippen MR) is 66.6 cm³/mol. The number of aliphatic hydroxyl groups is 1. The molecule has 6 nitrogen and oxygen atoms in total. The van der Waals surface area contributed by atoms with Crippen LogP contribution in [0, 0.1) is 0 Å². The number of aromatic nitrogens is 1. The minimum absolute atomic E-state index is 0.00863. The van der Waals surface area contributed by atoms with Crippen molar-refractivity contribution < 1.29 is 14.3 Å². The van der Waals surface area contributed by atoms with E-state index in [1.807, 2.05) is 0 Å². The predicted octanol–water partition coefficient (Wildman–Crippen LogP) is 0.856. The maximum Gasteiger partial charge on any atom is 0.417 e. The summed E-state index contributed by atoms with van der Waals surface area (Å²) in [5.74, 6) is -0.613. The van der Waals surface area contributed by atoms with Gasteiger partial charge in [0, 0.05) is 31.8 Å². The molecule has 1 amide bonds. The van der Waals surface area contributed by atoms with E-state index in [4.69, 9.17) is 9.52 Å². The van der Waals surface area contributed by atoms with Crippen molar-refractivity contribution in [1.82, 2.24) is 4.98 Å². The van der Waals surface area contributed by atoms with Gasteiger partial charge in [0.15, 0.2) is 5.58 Å². The summed E-state index contributed by atoms with van der Waals surface area (Å²) in [5, 5.41) is 8.69. The van der Waals surface area contributed by atoms with Crippen molar-refractivity contribution in [3.63, 3.8) is 0 Å². The number of benzene rings is 1. The summed E-state index contributed by atoms with van der Waals surface area (Å²) in [7, 11) is 1.64. The summed E-state index contributed by atoms with van der Waals surface area (Å²) in [6, 6.07) is 5.04. The van der Waals surface area contributed by atoms with E-state index in [-0.39, 0.29) is 18.9 Å². The van der Waals surface area contributed by atoms with Crippen LogP contribution in [0.3, 0.4) is 0 Å². The Morgan fingerprint density at radius 1 is 1.50 bits per heavy atom. The quantitative estimate of drug-likeness (QED) is 0.842. The standard InChI is InChI=1S/C12H14N2O4/c1-14(11(16)3-2-6-15)8-4-5-9-10(7-8)18-12(17)13-9/h4-5,7,15H,2-3,6H2,1H3,(H,13,17). The number of amides is 1. The highest BCUT2D eigenvalue weighted by atomic mass is 16.4. The molecule has 2 rings (SSSR count). The van der Waals surface area contributed by atoms with Crippen LogP contribution < -0.4 is 10.7 Å². The van der Waals surface area contributed by atoms with Gasteiger partial charge in [0.05, 0.1) is 5.52 Å². The molecule has 0 aliphatic heterocycles. The Hall–Kier alpha value is -2.08. The Bertz CT molecular complexity index is 614. The van der Waals surface area contributed by atoms with E-state index in [9.17, 15) is 9.59 Å². The van der Waals surface area contributed by atoms with Crippen LogP contribution in [0.1, 0.15) is 12.8 Å². The van der Waals surface area contributed by atoms with Crippen LogP contribution in [-0.2, 0) is 4.79 Å². The Kier molecular flexibility index (Phi) is 3.47. The van der Waals surface area contributed by atoms with Crippen LogP contribution in [0.4, 0.5) is 5.69 Å². The second-order valence-electron chi connectivity index (χ2n) is 3.97. The van der Waals surface area contributed by atoms with E-state index >= 15 is 0 Å². The second-order valence-corrected chi connectivity index (χ2v) is 3.97. The van der Waals surface area contributed by atoms with E-state index in [2.05, 4.69) is 4.98 Å². The van der Waals surface area contributed by atoms with E-state index < -0.39 is 5.76 Å². The zero-order chi connectivity index (χ0) is 13.1. The molecule has 0 atom stereocenters. The largest absolute Gasteiger partial charge is 0.417 e. The van der Waals surface area contributed by atoms with Crippen molar-refractivity contribution in [1.29, 1.82) is 0 Å². The Labute approximate surface area is 103 Å². The number of nitrogens with one attached hydrogen (secondary N) is 1. The lowest BCUT2D eigenvalue weighted by Gasteiger charge is -2.16. The number of hydrogen-bond acceptors (Lipinski definition) is 4. The number of carbonyl (C=O) groups excluding carboxylic acids is 1. The van der Waals surface area contributed by atoms with Crippen LogP contribution in [0.5, 0.6) is 0 Å². The number of fused-ring (bicyclic) bond motifs is 1. The maximum atomic E-state index is 11.8. The smallest absolute Gasteiger partial charge is 0.408 e. The molecular formula is C12H14N2O4. The van der Waals surface area contributed by atoms with Crippen molar-refractivity contribution in [3.05, 3.63) is 28.7 Å². The van der Waals surface area contributed by atoms with Gasteiger partial charge in [-0.05, 0) is 18.6 Å². The number of hydrogen-bond donors (Lipinski definition) is 2. The van der Waals surface area contributed by atoms with Gasteiger partial charge in [0.1, 0.15) is 0 Å². The topological polar surface area (TPSA) is 86.5 Å². The number of rotatable bonds is 4. The Balaban J connectivity index is 2.24. The molecular weight excluding hydrogens is 236 g/mol. The molecule has 2 N–H and O–H groups in total. The van der Waals surface area contributed by atoms with Crippen LogP contribution >= 0.6 is 0 Å². The fourth-order valence-corrected chi connectivity index (χ4v) is 1.68. The van der Waals surface area contributed by atoms with Gasteiger partial charge in [-0.1, -0.05) is 0 Å². The molecule has 0 unspecified atom stereocenters. The van der Waals surface area contributed by atoms with Crippen LogP contribution in [-0.4, -0.2) is 29.7 Å². The molecule has 96 valence electrons. The molecule has 0 aliphatic carbocycles. The molecule has 0 saturated heterocycles. The van der Waals surface area contributed by atoms with Crippen LogP contribution in [0.15, 0.2) is 27.4 Å². The van der Waals surface area contributed by atoms with Gasteiger partial charge < -0.3 is 14.4 Å². The normalized spacial score (nSPS) is 10.8. The number of aliphatic hydroxyl groups excluding tert-OH is 1. The number of oxazole rings is 1. The number of anilines is 1. The van der Waals surface area contributed by atoms with Crippen LogP contribution in [0.25, 0.3) is 11.1 Å². The summed E-state index contributed by atoms with van der Waals surface area (Å²) in [6.45, 7) is -0.00863. The summed E-state index contributed by atoms with van der Waals surface area (Å²) >= 11 is 0. The third-order valence-electron chi connectivity index (χ3n) is 2.71. The minimum atomic E-state index is -0.517. The van der Waals surface area contributed by atoms with Gasteiger partial charge in [0.2, 0.25) is 5.91 Å². The lowest BCUT2D eigenvalue weighted by Crippen LogP contribution is -2.25. The first-order valence-electron chi connectivity index (χ1n) is 5.62. The average Bonchev–Trinajstić information content (AvgIpc) is 2.73. The van der Waals surface area contributed by atoms with Gasteiger partial charge in [-0.15, -0.1) is 0 Å².